The van der Waals surface area contributed by atoms with Gasteiger partial charge in [-0.1, -0.05) is 6.07 Å². The Morgan fingerprint density at radius 3 is 2.68 bits per heavy atom. The fourth-order valence-corrected chi connectivity index (χ4v) is 1.81. The second-order valence-corrected chi connectivity index (χ2v) is 4.56. The van der Waals surface area contributed by atoms with Crippen LogP contribution in [-0.4, -0.2) is 30.5 Å². The van der Waals surface area contributed by atoms with Gasteiger partial charge in [-0.25, -0.2) is 4.39 Å². The Balaban J connectivity index is 2.75. The van der Waals surface area contributed by atoms with Crippen LogP contribution < -0.4 is 10.5 Å². The zero-order chi connectivity index (χ0) is 14.4. The summed E-state index contributed by atoms with van der Waals surface area (Å²) in [6.45, 7) is 4.62. The molecule has 0 bridgehead atoms. The van der Waals surface area contributed by atoms with E-state index in [0.29, 0.717) is 19.5 Å². The highest BCUT2D eigenvalue weighted by Crippen LogP contribution is 2.18. The number of ether oxygens (including phenoxy) is 1. The minimum Gasteiger partial charge on any atom is -0.494 e. The first-order chi connectivity index (χ1) is 8.97. The smallest absolute Gasteiger partial charge is 0.224 e. The number of rotatable bonds is 6. The molecule has 0 spiro atoms. The van der Waals surface area contributed by atoms with Crippen LogP contribution in [0, 0.1) is 5.82 Å². The van der Waals surface area contributed by atoms with E-state index in [-0.39, 0.29) is 17.7 Å². The molecule has 1 aromatic rings. The van der Waals surface area contributed by atoms with Crippen molar-refractivity contribution in [3.63, 3.8) is 0 Å². The highest BCUT2D eigenvalue weighted by atomic mass is 19.1. The van der Waals surface area contributed by atoms with Gasteiger partial charge < -0.3 is 15.4 Å². The SMILES string of the molecule is CCN(Cc1ccc(OC)c(F)c1)C(=O)C[C@@H](C)N. The molecule has 19 heavy (non-hydrogen) atoms. The first-order valence-corrected chi connectivity index (χ1v) is 6.33. The molecule has 0 aliphatic carbocycles. The van der Waals surface area contributed by atoms with Gasteiger partial charge in [0.2, 0.25) is 5.91 Å². The van der Waals surface area contributed by atoms with Gasteiger partial charge in [0.05, 0.1) is 7.11 Å². The summed E-state index contributed by atoms with van der Waals surface area (Å²) in [5, 5.41) is 0. The molecule has 0 unspecified atom stereocenters. The van der Waals surface area contributed by atoms with Crippen LogP contribution in [0.4, 0.5) is 4.39 Å². The molecule has 0 saturated heterocycles. The number of nitrogens with zero attached hydrogens (tertiary/aromatic N) is 1. The van der Waals surface area contributed by atoms with Crippen LogP contribution in [0.2, 0.25) is 0 Å². The molecule has 1 amide bonds. The van der Waals surface area contributed by atoms with Gasteiger partial charge in [0.15, 0.2) is 11.6 Å². The number of benzene rings is 1. The lowest BCUT2D eigenvalue weighted by Gasteiger charge is -2.22. The van der Waals surface area contributed by atoms with Crippen LogP contribution in [0.3, 0.4) is 0 Å². The largest absolute Gasteiger partial charge is 0.494 e. The van der Waals surface area contributed by atoms with E-state index in [1.54, 1.807) is 24.0 Å². The summed E-state index contributed by atoms with van der Waals surface area (Å²) in [6, 6.07) is 4.54. The number of halogens is 1. The first-order valence-electron chi connectivity index (χ1n) is 6.33. The van der Waals surface area contributed by atoms with Crippen LogP contribution in [-0.2, 0) is 11.3 Å². The molecular weight excluding hydrogens is 247 g/mol. The van der Waals surface area contributed by atoms with Crippen molar-refractivity contribution in [3.8, 4) is 5.75 Å². The Bertz CT molecular complexity index is 435. The molecule has 106 valence electrons. The van der Waals surface area contributed by atoms with Gasteiger partial charge in [-0.15, -0.1) is 0 Å². The van der Waals surface area contributed by atoms with E-state index in [4.69, 9.17) is 10.5 Å². The zero-order valence-electron chi connectivity index (χ0n) is 11.6. The number of methoxy groups -OCH3 is 1. The van der Waals surface area contributed by atoms with Gasteiger partial charge in [-0.05, 0) is 31.5 Å². The third kappa shape index (κ3) is 4.52. The number of amides is 1. The molecule has 0 fully saturated rings. The van der Waals surface area contributed by atoms with Crippen molar-refractivity contribution in [1.82, 2.24) is 4.90 Å². The molecule has 5 heteroatoms. The highest BCUT2D eigenvalue weighted by molar-refractivity contribution is 5.76. The summed E-state index contributed by atoms with van der Waals surface area (Å²) in [5.41, 5.74) is 6.35. The number of hydrogen-bond donors (Lipinski definition) is 1. The average Bonchev–Trinajstić information content (AvgIpc) is 2.35. The molecular formula is C14H21FN2O2. The van der Waals surface area contributed by atoms with Crippen LogP contribution in [0.5, 0.6) is 5.75 Å². The van der Waals surface area contributed by atoms with Gasteiger partial charge in [0.25, 0.3) is 0 Å². The Hall–Kier alpha value is -1.62. The summed E-state index contributed by atoms with van der Waals surface area (Å²) in [5.74, 6) is -0.238. The molecule has 1 rings (SSSR count). The predicted octanol–water partition coefficient (Wildman–Crippen LogP) is 1.92. The van der Waals surface area contributed by atoms with Crippen molar-refractivity contribution in [2.45, 2.75) is 32.9 Å². The van der Waals surface area contributed by atoms with E-state index in [1.165, 1.54) is 13.2 Å². The van der Waals surface area contributed by atoms with E-state index >= 15 is 0 Å². The molecule has 0 aromatic heterocycles. The third-order valence-corrected chi connectivity index (χ3v) is 2.82. The van der Waals surface area contributed by atoms with Crippen LogP contribution in [0.1, 0.15) is 25.8 Å². The normalized spacial score (nSPS) is 12.1. The maximum Gasteiger partial charge on any atom is 0.224 e. The Labute approximate surface area is 113 Å². The summed E-state index contributed by atoms with van der Waals surface area (Å²) in [4.78, 5) is 13.6. The molecule has 0 radical (unpaired) electrons. The molecule has 0 aliphatic rings. The number of hydrogen-bond acceptors (Lipinski definition) is 3. The molecule has 1 atom stereocenters. The van der Waals surface area contributed by atoms with Crippen molar-refractivity contribution >= 4 is 5.91 Å². The van der Waals surface area contributed by atoms with Gasteiger partial charge in [0, 0.05) is 25.6 Å². The van der Waals surface area contributed by atoms with Crippen molar-refractivity contribution in [2.24, 2.45) is 5.73 Å². The molecule has 0 saturated carbocycles. The molecule has 1 aromatic carbocycles. The van der Waals surface area contributed by atoms with E-state index in [0.717, 1.165) is 5.56 Å². The van der Waals surface area contributed by atoms with Crippen LogP contribution >= 0.6 is 0 Å². The lowest BCUT2D eigenvalue weighted by atomic mass is 10.1. The predicted molar refractivity (Wildman–Crippen MR) is 72.3 cm³/mol. The monoisotopic (exact) mass is 268 g/mol. The maximum atomic E-state index is 13.6. The fraction of sp³-hybridized carbons (Fsp3) is 0.500. The second-order valence-electron chi connectivity index (χ2n) is 4.56. The van der Waals surface area contributed by atoms with Gasteiger partial charge in [-0.2, -0.15) is 0 Å². The summed E-state index contributed by atoms with van der Waals surface area (Å²) < 4.78 is 18.4. The van der Waals surface area contributed by atoms with Crippen molar-refractivity contribution < 1.29 is 13.9 Å². The minimum absolute atomic E-state index is 0.0197. The van der Waals surface area contributed by atoms with Crippen LogP contribution in [0.25, 0.3) is 0 Å². The number of nitrogens with two attached hydrogens (primary N) is 1. The molecule has 4 nitrogen and oxygen atoms in total. The van der Waals surface area contributed by atoms with E-state index in [2.05, 4.69) is 0 Å². The van der Waals surface area contributed by atoms with E-state index < -0.39 is 5.82 Å². The minimum atomic E-state index is -0.421. The first kappa shape index (κ1) is 15.4. The average molecular weight is 268 g/mol. The third-order valence-electron chi connectivity index (χ3n) is 2.82. The van der Waals surface area contributed by atoms with E-state index in [9.17, 15) is 9.18 Å². The van der Waals surface area contributed by atoms with Crippen LogP contribution in [0.15, 0.2) is 18.2 Å². The number of carbonyl (C=O) groups excluding carboxylic acids is 1. The molecule has 2 N–H and O–H groups in total. The highest BCUT2D eigenvalue weighted by Gasteiger charge is 2.14. The maximum absolute atomic E-state index is 13.6. The molecule has 0 aliphatic heterocycles. The Kier molecular flexibility index (Phi) is 5.76. The van der Waals surface area contributed by atoms with Gasteiger partial charge >= 0.3 is 0 Å². The fourth-order valence-electron chi connectivity index (χ4n) is 1.81. The van der Waals surface area contributed by atoms with Crippen molar-refractivity contribution in [2.75, 3.05) is 13.7 Å². The standard InChI is InChI=1S/C14H21FN2O2/c1-4-17(14(18)7-10(2)16)9-11-5-6-13(19-3)12(15)8-11/h5-6,8,10H,4,7,9,16H2,1-3H3/t10-/m1/s1. The Morgan fingerprint density at radius 1 is 1.53 bits per heavy atom. The Morgan fingerprint density at radius 2 is 2.21 bits per heavy atom. The van der Waals surface area contributed by atoms with Gasteiger partial charge in [0.1, 0.15) is 0 Å². The van der Waals surface area contributed by atoms with Crippen molar-refractivity contribution in [3.05, 3.63) is 29.6 Å². The lowest BCUT2D eigenvalue weighted by molar-refractivity contribution is -0.131. The molecule has 0 heterocycles. The second kappa shape index (κ2) is 7.09. The van der Waals surface area contributed by atoms with Crippen molar-refractivity contribution in [1.29, 1.82) is 0 Å². The van der Waals surface area contributed by atoms with Gasteiger partial charge in [-0.3, -0.25) is 4.79 Å². The topological polar surface area (TPSA) is 55.6 Å². The summed E-state index contributed by atoms with van der Waals surface area (Å²) in [6.07, 6.45) is 0.298. The number of carbonyl (C=O) groups is 1. The summed E-state index contributed by atoms with van der Waals surface area (Å²) in [7, 11) is 1.42. The summed E-state index contributed by atoms with van der Waals surface area (Å²) >= 11 is 0. The van der Waals surface area contributed by atoms with E-state index in [1.807, 2.05) is 6.92 Å². The quantitative estimate of drug-likeness (QED) is 0.857. The lowest BCUT2D eigenvalue weighted by Crippen LogP contribution is -2.34. The zero-order valence-corrected chi connectivity index (χ0v) is 11.6.